The molecule has 1 saturated heterocycles. The summed E-state index contributed by atoms with van der Waals surface area (Å²) in [4.78, 5) is 0. The van der Waals surface area contributed by atoms with Gasteiger partial charge in [0.15, 0.2) is 6.29 Å². The van der Waals surface area contributed by atoms with Crippen molar-refractivity contribution in [2.45, 2.75) is 134 Å². The number of aliphatic hydroxyl groups is 3. The van der Waals surface area contributed by atoms with E-state index in [1.165, 1.54) is 83.5 Å². The number of unbranched alkanes of at least 4 members (excludes halogenated alkanes) is 13. The van der Waals surface area contributed by atoms with Crippen LogP contribution in [0, 0.1) is 0 Å². The monoisotopic (exact) mass is 491 g/mol. The van der Waals surface area contributed by atoms with Gasteiger partial charge in [-0.1, -0.05) is 90.4 Å². The molecule has 1 fully saturated rings. The third-order valence-electron chi connectivity index (χ3n) is 6.65. The summed E-state index contributed by atoms with van der Waals surface area (Å²) in [5, 5.41) is 29.1. The molecular weight excluding hydrogens is 438 g/mol. The summed E-state index contributed by atoms with van der Waals surface area (Å²) in [6.45, 7) is 3.10. The van der Waals surface area contributed by atoms with Crippen molar-refractivity contribution < 1.29 is 34.3 Å². The Balaban J connectivity index is 1.97. The van der Waals surface area contributed by atoms with Crippen molar-refractivity contribution in [3.05, 3.63) is 0 Å². The van der Waals surface area contributed by atoms with E-state index in [9.17, 15) is 15.3 Å². The normalized spacial score (nSPS) is 26.1. The number of nitrogens with two attached hydrogens (primary N) is 1. The molecule has 34 heavy (non-hydrogen) atoms. The number of ether oxygens (including phenoxy) is 4. The third-order valence-corrected chi connectivity index (χ3v) is 6.65. The van der Waals surface area contributed by atoms with E-state index >= 15 is 0 Å². The summed E-state index contributed by atoms with van der Waals surface area (Å²) < 4.78 is 22.2. The van der Waals surface area contributed by atoms with Gasteiger partial charge in [0.05, 0.1) is 25.9 Å². The minimum atomic E-state index is -1.24. The average Bonchev–Trinajstić information content (AvgIpc) is 2.85. The maximum absolute atomic E-state index is 10.00. The molecule has 0 saturated carbocycles. The summed E-state index contributed by atoms with van der Waals surface area (Å²) in [5.41, 5.74) is 5.88. The van der Waals surface area contributed by atoms with E-state index < -0.39 is 37.3 Å². The summed E-state index contributed by atoms with van der Waals surface area (Å²) in [6, 6.07) is -0.910. The van der Waals surface area contributed by atoms with E-state index in [-0.39, 0.29) is 12.7 Å². The van der Waals surface area contributed by atoms with Crippen molar-refractivity contribution in [2.75, 3.05) is 33.5 Å². The molecule has 0 aromatic rings. The van der Waals surface area contributed by atoms with Crippen LogP contribution in [0.15, 0.2) is 0 Å². The first-order valence-corrected chi connectivity index (χ1v) is 13.6. The molecule has 0 radical (unpaired) electrons. The molecule has 0 aromatic carbocycles. The molecule has 0 aliphatic carbocycles. The van der Waals surface area contributed by atoms with Gasteiger partial charge in [-0.2, -0.15) is 0 Å². The number of hydrogen-bond donors (Lipinski definition) is 4. The van der Waals surface area contributed by atoms with Gasteiger partial charge in [-0.25, -0.2) is 0 Å². The molecule has 0 bridgehead atoms. The lowest BCUT2D eigenvalue weighted by molar-refractivity contribution is -0.271. The third kappa shape index (κ3) is 13.7. The molecule has 1 aliphatic heterocycles. The maximum atomic E-state index is 10.00. The van der Waals surface area contributed by atoms with Gasteiger partial charge in [-0.3, -0.25) is 0 Å². The van der Waals surface area contributed by atoms with Gasteiger partial charge in [-0.05, 0) is 6.42 Å². The van der Waals surface area contributed by atoms with Crippen LogP contribution >= 0.6 is 0 Å². The Labute approximate surface area is 207 Å². The van der Waals surface area contributed by atoms with E-state index in [2.05, 4.69) is 6.92 Å². The second-order valence-electron chi connectivity index (χ2n) is 9.65. The van der Waals surface area contributed by atoms with Crippen molar-refractivity contribution >= 4 is 0 Å². The van der Waals surface area contributed by atoms with E-state index in [4.69, 9.17) is 24.7 Å². The highest BCUT2D eigenvalue weighted by atomic mass is 16.7. The van der Waals surface area contributed by atoms with Crippen LogP contribution in [0.4, 0.5) is 0 Å². The van der Waals surface area contributed by atoms with Crippen LogP contribution in [-0.2, 0) is 18.9 Å². The molecule has 0 amide bonds. The Morgan fingerprint density at radius 2 is 1.32 bits per heavy atom. The molecule has 1 aliphatic rings. The first-order chi connectivity index (χ1) is 16.5. The van der Waals surface area contributed by atoms with Gasteiger partial charge in [0.2, 0.25) is 0 Å². The highest BCUT2D eigenvalue weighted by Gasteiger charge is 2.43. The summed E-state index contributed by atoms with van der Waals surface area (Å²) >= 11 is 0. The van der Waals surface area contributed by atoms with Crippen LogP contribution in [0.3, 0.4) is 0 Å². The smallest absolute Gasteiger partial charge is 0.175 e. The van der Waals surface area contributed by atoms with Crippen LogP contribution in [0.2, 0.25) is 0 Å². The van der Waals surface area contributed by atoms with Gasteiger partial charge in [0.1, 0.15) is 24.4 Å². The minimum absolute atomic E-state index is 0.175. The minimum Gasteiger partial charge on any atom is -0.394 e. The van der Waals surface area contributed by atoms with Crippen molar-refractivity contribution in [2.24, 2.45) is 5.73 Å². The molecule has 6 atom stereocenters. The van der Waals surface area contributed by atoms with Crippen molar-refractivity contribution in [1.82, 2.24) is 0 Å². The molecule has 1 rings (SSSR count). The summed E-state index contributed by atoms with van der Waals surface area (Å²) in [6.07, 6.45) is 14.0. The van der Waals surface area contributed by atoms with Gasteiger partial charge in [-0.15, -0.1) is 0 Å². The van der Waals surface area contributed by atoms with Crippen LogP contribution in [0.1, 0.15) is 96.8 Å². The molecule has 204 valence electrons. The van der Waals surface area contributed by atoms with E-state index in [0.29, 0.717) is 13.2 Å². The average molecular weight is 492 g/mol. The lowest BCUT2D eigenvalue weighted by Crippen LogP contribution is -2.62. The molecule has 5 N–H and O–H groups in total. The van der Waals surface area contributed by atoms with Crippen molar-refractivity contribution in [3.63, 3.8) is 0 Å². The van der Waals surface area contributed by atoms with Crippen molar-refractivity contribution in [1.29, 1.82) is 0 Å². The summed E-state index contributed by atoms with van der Waals surface area (Å²) in [7, 11) is 1.58. The highest BCUT2D eigenvalue weighted by Crippen LogP contribution is 2.21. The molecule has 8 nitrogen and oxygen atoms in total. The Bertz CT molecular complexity index is 455. The molecule has 0 spiro atoms. The molecule has 0 aromatic heterocycles. The zero-order chi connectivity index (χ0) is 25.0. The Morgan fingerprint density at radius 3 is 1.82 bits per heavy atom. The fourth-order valence-electron chi connectivity index (χ4n) is 4.25. The fourth-order valence-corrected chi connectivity index (χ4v) is 4.25. The van der Waals surface area contributed by atoms with E-state index in [1.54, 1.807) is 7.11 Å². The van der Waals surface area contributed by atoms with Gasteiger partial charge >= 0.3 is 0 Å². The van der Waals surface area contributed by atoms with Gasteiger partial charge in [0, 0.05) is 13.7 Å². The first kappa shape index (κ1) is 31.7. The Morgan fingerprint density at radius 1 is 0.794 bits per heavy atom. The number of hydrogen-bond acceptors (Lipinski definition) is 8. The van der Waals surface area contributed by atoms with Crippen LogP contribution in [0.25, 0.3) is 0 Å². The second-order valence-corrected chi connectivity index (χ2v) is 9.65. The first-order valence-electron chi connectivity index (χ1n) is 13.6. The van der Waals surface area contributed by atoms with Crippen LogP contribution in [-0.4, -0.2) is 85.6 Å². The van der Waals surface area contributed by atoms with Crippen LogP contribution < -0.4 is 5.73 Å². The zero-order valence-corrected chi connectivity index (χ0v) is 21.7. The molecule has 0 unspecified atom stereocenters. The van der Waals surface area contributed by atoms with E-state index in [1.807, 2.05) is 0 Å². The highest BCUT2D eigenvalue weighted by molar-refractivity contribution is 4.91. The molecule has 1 heterocycles. The second kappa shape index (κ2) is 20.8. The Hall–Kier alpha value is -0.320. The Kier molecular flexibility index (Phi) is 19.4. The lowest BCUT2D eigenvalue weighted by Gasteiger charge is -2.40. The fraction of sp³-hybridized carbons (Fsp3) is 1.00. The van der Waals surface area contributed by atoms with Crippen LogP contribution in [0.5, 0.6) is 0 Å². The predicted octanol–water partition coefficient (Wildman–Crippen LogP) is 3.28. The molecular formula is C26H53NO7. The number of aliphatic hydroxyl groups excluding tert-OH is 3. The lowest BCUT2D eigenvalue weighted by atomic mass is 9.98. The largest absolute Gasteiger partial charge is 0.394 e. The number of rotatable bonds is 22. The number of methoxy groups -OCH3 is 1. The van der Waals surface area contributed by atoms with E-state index in [0.717, 1.165) is 6.42 Å². The zero-order valence-electron chi connectivity index (χ0n) is 21.7. The van der Waals surface area contributed by atoms with Gasteiger partial charge in [0.25, 0.3) is 0 Å². The molecule has 8 heteroatoms. The predicted molar refractivity (Wildman–Crippen MR) is 134 cm³/mol. The maximum Gasteiger partial charge on any atom is 0.175 e. The van der Waals surface area contributed by atoms with Gasteiger partial charge < -0.3 is 40.0 Å². The SMILES string of the molecule is CCCCCCCCCCCCCCCCOC[C@H](CO[C@H]1O[C@@H](CO)[C@H](O)[C@@H](O)[C@@H]1N)OC. The standard InChI is InChI=1S/C26H53NO7/c1-3-4-5-6-7-8-9-10-11-12-13-14-15-16-17-32-19-21(31-2)20-33-26-23(27)25(30)24(29)22(18-28)34-26/h21-26,28-30H,3-20,27H2,1-2H3/t21-,22+,23+,24+,25+,26+/m1/s1. The quantitative estimate of drug-likeness (QED) is 0.170. The van der Waals surface area contributed by atoms with Crippen molar-refractivity contribution in [3.8, 4) is 0 Å². The topological polar surface area (TPSA) is 124 Å². The summed E-state index contributed by atoms with van der Waals surface area (Å²) in [5.74, 6) is 0.